The normalized spacial score (nSPS) is 12.0. The van der Waals surface area contributed by atoms with Crippen LogP contribution in [0.25, 0.3) is 0 Å². The monoisotopic (exact) mass is 478 g/mol. The highest BCUT2D eigenvalue weighted by atomic mass is 32.2. The largest absolute Gasteiger partial charge is 0.332 e. The van der Waals surface area contributed by atoms with E-state index in [-0.39, 0.29) is 15.7 Å². The van der Waals surface area contributed by atoms with Gasteiger partial charge in [0.25, 0.3) is 16.0 Å². The minimum atomic E-state index is -4.36. The number of benzene rings is 2. The van der Waals surface area contributed by atoms with E-state index in [9.17, 15) is 21.4 Å². The first-order valence-electron chi connectivity index (χ1n) is 9.62. The number of hydrogen-bond donors (Lipinski definition) is 1. The molecule has 1 aromatic heterocycles. The van der Waals surface area contributed by atoms with Gasteiger partial charge >= 0.3 is 10.1 Å². The number of aromatic nitrogens is 2. The molecule has 170 valence electrons. The van der Waals surface area contributed by atoms with Crippen molar-refractivity contribution in [3.8, 4) is 5.88 Å². The third kappa shape index (κ3) is 6.10. The summed E-state index contributed by atoms with van der Waals surface area (Å²) >= 11 is 0. The van der Waals surface area contributed by atoms with Crippen molar-refractivity contribution in [3.63, 3.8) is 0 Å². The van der Waals surface area contributed by atoms with Crippen LogP contribution in [0.2, 0.25) is 0 Å². The fourth-order valence-corrected chi connectivity index (χ4v) is 4.90. The zero-order valence-electron chi connectivity index (χ0n) is 17.4. The SMILES string of the molecule is Cc1ccc(S(=O)(=O)O)c(CCCc2cc(C)ccc2S(=O)(=O)OOc2cccnn2)c1. The lowest BCUT2D eigenvalue weighted by molar-refractivity contribution is -0.0978. The maximum Gasteiger partial charge on any atom is 0.332 e. The van der Waals surface area contributed by atoms with Gasteiger partial charge in [-0.05, 0) is 66.8 Å². The second-order valence-corrected chi connectivity index (χ2v) is 10.1. The molecule has 3 rings (SSSR count). The number of nitrogens with zero attached hydrogens (tertiary/aromatic N) is 2. The van der Waals surface area contributed by atoms with Crippen LogP contribution in [0.4, 0.5) is 0 Å². The first-order valence-corrected chi connectivity index (χ1v) is 12.5. The highest BCUT2D eigenvalue weighted by Crippen LogP contribution is 2.24. The predicted octanol–water partition coefficient (Wildman–Crippen LogP) is 3.21. The van der Waals surface area contributed by atoms with Gasteiger partial charge in [-0.1, -0.05) is 35.4 Å². The quantitative estimate of drug-likeness (QED) is 0.279. The second-order valence-electron chi connectivity index (χ2n) is 7.22. The van der Waals surface area contributed by atoms with Crippen LogP contribution < -0.4 is 4.89 Å². The summed E-state index contributed by atoms with van der Waals surface area (Å²) in [5.41, 5.74) is 2.66. The Labute approximate surface area is 186 Å². The number of hydrogen-bond acceptors (Lipinski definition) is 8. The first-order chi connectivity index (χ1) is 15.1. The molecule has 0 saturated carbocycles. The standard InChI is InChI=1S/C21H22N2O7S2/c1-15-8-10-19(31(24,25)26)17(13-15)5-3-6-18-14-16(2)9-11-20(18)32(27,28)30-29-21-7-4-12-22-23-21/h4,7-14H,3,5-6H2,1-2H3,(H,24,25,26). The molecule has 0 aliphatic carbocycles. The summed E-state index contributed by atoms with van der Waals surface area (Å²) in [5, 5.41) is 7.18. The third-order valence-electron chi connectivity index (χ3n) is 4.63. The van der Waals surface area contributed by atoms with Crippen LogP contribution in [0.15, 0.2) is 64.5 Å². The van der Waals surface area contributed by atoms with E-state index < -0.39 is 20.2 Å². The summed E-state index contributed by atoms with van der Waals surface area (Å²) in [6.45, 7) is 3.64. The number of aryl methyl sites for hydroxylation is 4. The van der Waals surface area contributed by atoms with E-state index in [1.165, 1.54) is 30.5 Å². The Bertz CT molecular complexity index is 1310. The molecule has 0 aliphatic heterocycles. The Morgan fingerprint density at radius 3 is 2.03 bits per heavy atom. The third-order valence-corrected chi connectivity index (χ3v) is 6.77. The maximum absolute atomic E-state index is 12.7. The van der Waals surface area contributed by atoms with Gasteiger partial charge in [-0.3, -0.25) is 9.44 Å². The Morgan fingerprint density at radius 2 is 1.47 bits per heavy atom. The van der Waals surface area contributed by atoms with Crippen LogP contribution in [-0.2, 0) is 37.4 Å². The first kappa shape index (κ1) is 23.8. The molecule has 1 N–H and O–H groups in total. The van der Waals surface area contributed by atoms with Gasteiger partial charge < -0.3 is 0 Å². The van der Waals surface area contributed by atoms with Gasteiger partial charge in [0.2, 0.25) is 0 Å². The summed E-state index contributed by atoms with van der Waals surface area (Å²) in [6, 6.07) is 12.4. The van der Waals surface area contributed by atoms with E-state index in [2.05, 4.69) is 14.5 Å². The van der Waals surface area contributed by atoms with Crippen molar-refractivity contribution < 1.29 is 30.6 Å². The minimum absolute atomic E-state index is 0.0637. The predicted molar refractivity (Wildman–Crippen MR) is 115 cm³/mol. The topological polar surface area (TPSA) is 133 Å². The summed E-state index contributed by atoms with van der Waals surface area (Å²) < 4.78 is 62.8. The van der Waals surface area contributed by atoms with Crippen molar-refractivity contribution in [2.45, 2.75) is 42.9 Å². The van der Waals surface area contributed by atoms with Crippen molar-refractivity contribution in [2.75, 3.05) is 0 Å². The summed E-state index contributed by atoms with van der Waals surface area (Å²) in [5.74, 6) is -0.109. The highest BCUT2D eigenvalue weighted by Gasteiger charge is 2.22. The van der Waals surface area contributed by atoms with Crippen LogP contribution >= 0.6 is 0 Å². The van der Waals surface area contributed by atoms with Crippen LogP contribution in [0, 0.1) is 13.8 Å². The van der Waals surface area contributed by atoms with Crippen molar-refractivity contribution in [2.24, 2.45) is 0 Å². The molecule has 0 atom stereocenters. The average molecular weight is 479 g/mol. The van der Waals surface area contributed by atoms with Gasteiger partial charge in [-0.2, -0.15) is 21.9 Å². The molecule has 0 radical (unpaired) electrons. The average Bonchev–Trinajstić information content (AvgIpc) is 2.72. The fraction of sp³-hybridized carbons (Fsp3) is 0.238. The molecule has 11 heteroatoms. The van der Waals surface area contributed by atoms with Gasteiger partial charge in [-0.15, -0.1) is 5.10 Å². The molecule has 0 amide bonds. The molecular weight excluding hydrogens is 456 g/mol. The lowest BCUT2D eigenvalue weighted by atomic mass is 10.0. The highest BCUT2D eigenvalue weighted by molar-refractivity contribution is 7.86. The van der Waals surface area contributed by atoms with Gasteiger partial charge in [0.15, 0.2) is 0 Å². The molecule has 9 nitrogen and oxygen atoms in total. The fourth-order valence-electron chi connectivity index (χ4n) is 3.22. The Balaban J connectivity index is 1.78. The van der Waals surface area contributed by atoms with Crippen molar-refractivity contribution >= 4 is 20.2 Å². The van der Waals surface area contributed by atoms with E-state index in [4.69, 9.17) is 4.89 Å². The molecule has 0 bridgehead atoms. The molecule has 0 spiro atoms. The van der Waals surface area contributed by atoms with Crippen LogP contribution in [0.5, 0.6) is 5.88 Å². The molecule has 0 aliphatic rings. The van der Waals surface area contributed by atoms with Crippen LogP contribution in [0.3, 0.4) is 0 Å². The molecule has 2 aromatic carbocycles. The summed E-state index contributed by atoms with van der Waals surface area (Å²) in [7, 11) is -8.63. The van der Waals surface area contributed by atoms with Gasteiger partial charge in [0, 0.05) is 12.3 Å². The lowest BCUT2D eigenvalue weighted by Crippen LogP contribution is -2.13. The molecule has 0 fully saturated rings. The number of rotatable bonds is 9. The van der Waals surface area contributed by atoms with E-state index >= 15 is 0 Å². The lowest BCUT2D eigenvalue weighted by Gasteiger charge is -2.12. The summed E-state index contributed by atoms with van der Waals surface area (Å²) in [6.07, 6.45) is 2.48. The second kappa shape index (κ2) is 9.74. The van der Waals surface area contributed by atoms with Crippen molar-refractivity contribution in [1.82, 2.24) is 10.2 Å². The molecular formula is C21H22N2O7S2. The van der Waals surface area contributed by atoms with Crippen molar-refractivity contribution in [1.29, 1.82) is 0 Å². The zero-order valence-corrected chi connectivity index (χ0v) is 19.1. The summed E-state index contributed by atoms with van der Waals surface area (Å²) in [4.78, 5) is 4.58. The van der Waals surface area contributed by atoms with E-state index in [1.807, 2.05) is 13.8 Å². The Morgan fingerprint density at radius 1 is 0.875 bits per heavy atom. The van der Waals surface area contributed by atoms with Crippen LogP contribution in [-0.4, -0.2) is 31.6 Å². The van der Waals surface area contributed by atoms with Gasteiger partial charge in [0.1, 0.15) is 4.90 Å². The van der Waals surface area contributed by atoms with E-state index in [1.54, 1.807) is 24.3 Å². The molecule has 0 saturated heterocycles. The maximum atomic E-state index is 12.7. The smallest absolute Gasteiger partial charge is 0.298 e. The molecule has 32 heavy (non-hydrogen) atoms. The zero-order chi connectivity index (χ0) is 23.4. The van der Waals surface area contributed by atoms with Gasteiger partial charge in [-0.25, -0.2) is 0 Å². The van der Waals surface area contributed by atoms with E-state index in [0.717, 1.165) is 11.1 Å². The Hall–Kier alpha value is -2.86. The molecule has 1 heterocycles. The van der Waals surface area contributed by atoms with Crippen molar-refractivity contribution in [3.05, 3.63) is 77.0 Å². The Kier molecular flexibility index (Phi) is 7.24. The molecule has 0 unspecified atom stereocenters. The molecule has 3 aromatic rings. The van der Waals surface area contributed by atoms with Crippen LogP contribution in [0.1, 0.15) is 28.7 Å². The van der Waals surface area contributed by atoms with E-state index in [0.29, 0.717) is 30.4 Å². The van der Waals surface area contributed by atoms with Gasteiger partial charge in [0.05, 0.1) is 4.90 Å². The minimum Gasteiger partial charge on any atom is -0.298 e.